The second-order valence-electron chi connectivity index (χ2n) is 9.86. The minimum atomic E-state index is -1.26. The molecule has 0 aliphatic rings. The van der Waals surface area contributed by atoms with Crippen molar-refractivity contribution >= 4 is 27.5 Å². The summed E-state index contributed by atoms with van der Waals surface area (Å²) in [5, 5.41) is 18.5. The number of nitriles is 1. The first-order valence-corrected chi connectivity index (χ1v) is 13.0. The normalized spacial score (nSPS) is 13.2. The van der Waals surface area contributed by atoms with E-state index in [-0.39, 0.29) is 23.4 Å². The molecule has 210 valence electrons. The van der Waals surface area contributed by atoms with Gasteiger partial charge in [0.25, 0.3) is 5.56 Å². The van der Waals surface area contributed by atoms with Crippen molar-refractivity contribution in [2.75, 3.05) is 13.7 Å². The molecule has 1 amide bonds. The second-order valence-corrected chi connectivity index (χ2v) is 10.8. The van der Waals surface area contributed by atoms with E-state index in [9.17, 15) is 24.0 Å². The van der Waals surface area contributed by atoms with Crippen LogP contribution in [-0.2, 0) is 16.1 Å². The third-order valence-corrected chi connectivity index (χ3v) is 7.73. The summed E-state index contributed by atoms with van der Waals surface area (Å²) in [6.45, 7) is 6.13. The summed E-state index contributed by atoms with van der Waals surface area (Å²) < 4.78 is 28.1. The number of thiophene rings is 1. The molecule has 2 N–H and O–H groups in total. The Kier molecular flexibility index (Phi) is 7.90. The third kappa shape index (κ3) is 5.25. The van der Waals surface area contributed by atoms with E-state index in [4.69, 9.17) is 15.2 Å². The Balaban J connectivity index is 2.01. The molecule has 2 atom stereocenters. The molecule has 3 aromatic heterocycles. The van der Waals surface area contributed by atoms with Crippen LogP contribution < -0.4 is 21.7 Å². The van der Waals surface area contributed by atoms with E-state index in [0.717, 1.165) is 15.9 Å². The molecule has 0 aliphatic carbocycles. The number of fused-ring (bicyclic) bond motifs is 1. The topological polar surface area (TPSA) is 160 Å². The van der Waals surface area contributed by atoms with E-state index in [2.05, 4.69) is 16.3 Å². The maximum absolute atomic E-state index is 14.4. The largest absolute Gasteiger partial charge is 0.496 e. The molecular weight excluding hydrogens is 541 g/mol. The molecule has 1 aromatic carbocycles. The van der Waals surface area contributed by atoms with Crippen molar-refractivity contribution < 1.29 is 18.7 Å². The van der Waals surface area contributed by atoms with Crippen LogP contribution in [-0.4, -0.2) is 43.8 Å². The van der Waals surface area contributed by atoms with Gasteiger partial charge in [-0.3, -0.25) is 14.2 Å². The van der Waals surface area contributed by atoms with Gasteiger partial charge in [0.2, 0.25) is 5.91 Å². The maximum Gasteiger partial charge on any atom is 0.332 e. The molecule has 0 radical (unpaired) electrons. The molecule has 0 aliphatic heterocycles. The number of nitrogens with zero attached hydrogens (tertiary/aromatic N) is 6. The van der Waals surface area contributed by atoms with Crippen molar-refractivity contribution in [3.63, 3.8) is 0 Å². The van der Waals surface area contributed by atoms with Crippen LogP contribution in [0.5, 0.6) is 5.75 Å². The summed E-state index contributed by atoms with van der Waals surface area (Å²) in [5.41, 5.74) is 3.87. The third-order valence-electron chi connectivity index (χ3n) is 6.45. The van der Waals surface area contributed by atoms with E-state index >= 15 is 0 Å². The maximum atomic E-state index is 14.4. The zero-order chi connectivity index (χ0) is 29.4. The van der Waals surface area contributed by atoms with Crippen LogP contribution in [0.25, 0.3) is 15.2 Å². The number of hydrogen-bond acceptors (Lipinski definition) is 9. The minimum absolute atomic E-state index is 0.0605. The van der Waals surface area contributed by atoms with Gasteiger partial charge in [0.05, 0.1) is 49.5 Å². The lowest BCUT2D eigenvalue weighted by atomic mass is 9.97. The first-order valence-electron chi connectivity index (χ1n) is 12.2. The van der Waals surface area contributed by atoms with E-state index < -0.39 is 40.5 Å². The lowest BCUT2D eigenvalue weighted by Gasteiger charge is -2.25. The van der Waals surface area contributed by atoms with Crippen LogP contribution in [0.15, 0.2) is 40.2 Å². The summed E-state index contributed by atoms with van der Waals surface area (Å²) in [7, 11) is 1.41. The molecule has 3 heterocycles. The van der Waals surface area contributed by atoms with Crippen molar-refractivity contribution in [1.29, 1.82) is 5.26 Å². The Morgan fingerprint density at radius 2 is 1.95 bits per heavy atom. The average molecular weight is 570 g/mol. The molecule has 0 fully saturated rings. The monoisotopic (exact) mass is 569 g/mol. The molecule has 0 unspecified atom stereocenters. The van der Waals surface area contributed by atoms with Gasteiger partial charge in [-0.25, -0.2) is 13.8 Å². The standard InChI is InChI=1S/C26H28FN7O5S/c1-14-20-22(36)33(15(2)21(29)35)25(37)32(24(20)40-23(14)34-30-8-9-31-34)11-19(39-13-26(3,4)12-28)17-10-16(27)6-7-18(17)38-5/h6-10,15,19H,11,13H2,1-5H3,(H2,29,35)/t15-,19+/m1/s1. The van der Waals surface area contributed by atoms with Gasteiger partial charge in [-0.15, -0.1) is 4.80 Å². The minimum Gasteiger partial charge on any atom is -0.496 e. The highest BCUT2D eigenvalue weighted by Crippen LogP contribution is 2.34. The van der Waals surface area contributed by atoms with Gasteiger partial charge in [0.15, 0.2) is 0 Å². The average Bonchev–Trinajstić information content (AvgIpc) is 3.56. The Bertz CT molecular complexity index is 1730. The van der Waals surface area contributed by atoms with Crippen LogP contribution >= 0.6 is 11.3 Å². The van der Waals surface area contributed by atoms with Crippen molar-refractivity contribution in [3.8, 4) is 16.8 Å². The number of ether oxygens (including phenoxy) is 2. The van der Waals surface area contributed by atoms with E-state index in [1.54, 1.807) is 20.8 Å². The van der Waals surface area contributed by atoms with Gasteiger partial charge < -0.3 is 15.2 Å². The highest BCUT2D eigenvalue weighted by Gasteiger charge is 2.29. The van der Waals surface area contributed by atoms with Crippen LogP contribution in [0.1, 0.15) is 44.0 Å². The van der Waals surface area contributed by atoms with Crippen molar-refractivity contribution in [1.82, 2.24) is 24.1 Å². The fourth-order valence-corrected chi connectivity index (χ4v) is 5.42. The smallest absolute Gasteiger partial charge is 0.332 e. The number of nitrogens with two attached hydrogens (primary N) is 1. The Morgan fingerprint density at radius 1 is 1.27 bits per heavy atom. The predicted octanol–water partition coefficient (Wildman–Crippen LogP) is 2.62. The summed E-state index contributed by atoms with van der Waals surface area (Å²) in [4.78, 5) is 41.2. The fraction of sp³-hybridized carbons (Fsp3) is 0.385. The van der Waals surface area contributed by atoms with Crippen LogP contribution in [0.3, 0.4) is 0 Å². The molecule has 0 saturated heterocycles. The summed E-state index contributed by atoms with van der Waals surface area (Å²) in [5.74, 6) is -1.14. The molecule has 40 heavy (non-hydrogen) atoms. The number of benzene rings is 1. The number of carbonyl (C=O) groups excluding carboxylic acids is 1. The molecule has 4 rings (SSSR count). The van der Waals surface area contributed by atoms with Gasteiger partial charge in [0, 0.05) is 11.1 Å². The number of primary amides is 1. The van der Waals surface area contributed by atoms with Gasteiger partial charge in [-0.2, -0.15) is 15.5 Å². The van der Waals surface area contributed by atoms with E-state index in [0.29, 0.717) is 21.9 Å². The van der Waals surface area contributed by atoms with Crippen molar-refractivity contribution in [2.24, 2.45) is 11.1 Å². The second kappa shape index (κ2) is 11.0. The molecule has 4 aromatic rings. The molecule has 0 spiro atoms. The van der Waals surface area contributed by atoms with Gasteiger partial charge in [-0.1, -0.05) is 11.3 Å². The predicted molar refractivity (Wildman–Crippen MR) is 145 cm³/mol. The number of aryl methyl sites for hydroxylation is 1. The van der Waals surface area contributed by atoms with Crippen molar-refractivity contribution in [2.45, 2.75) is 46.4 Å². The Labute approximate surface area is 232 Å². The molecule has 0 bridgehead atoms. The first-order chi connectivity index (χ1) is 18.9. The number of halogens is 1. The lowest BCUT2D eigenvalue weighted by Crippen LogP contribution is -2.45. The fourth-order valence-electron chi connectivity index (χ4n) is 4.20. The van der Waals surface area contributed by atoms with E-state index in [1.807, 2.05) is 0 Å². The Morgan fingerprint density at radius 3 is 2.55 bits per heavy atom. The lowest BCUT2D eigenvalue weighted by molar-refractivity contribution is -0.120. The number of hydrogen-bond donors (Lipinski definition) is 1. The zero-order valence-corrected chi connectivity index (χ0v) is 23.4. The van der Waals surface area contributed by atoms with Gasteiger partial charge in [-0.05, 0) is 45.9 Å². The molecule has 14 heteroatoms. The Hall–Kier alpha value is -4.35. The summed E-state index contributed by atoms with van der Waals surface area (Å²) in [6.07, 6.45) is 1.95. The summed E-state index contributed by atoms with van der Waals surface area (Å²) in [6, 6.07) is 4.78. The number of rotatable bonds is 10. The SMILES string of the molecule is COc1ccc(F)cc1[C@H](Cn1c(=O)n([C@H](C)C(N)=O)c(=O)c2c(C)c(-n3nccn3)sc21)OCC(C)(C)C#N. The van der Waals surface area contributed by atoms with Gasteiger partial charge >= 0.3 is 5.69 Å². The van der Waals surface area contributed by atoms with Crippen LogP contribution in [0.2, 0.25) is 0 Å². The highest BCUT2D eigenvalue weighted by atomic mass is 32.1. The number of aromatic nitrogens is 5. The molecular formula is C26H28FN7O5S. The number of carbonyl (C=O) groups is 1. The number of amides is 1. The summed E-state index contributed by atoms with van der Waals surface area (Å²) >= 11 is 1.10. The molecule has 0 saturated carbocycles. The van der Waals surface area contributed by atoms with Gasteiger partial charge in [0.1, 0.15) is 33.5 Å². The van der Waals surface area contributed by atoms with Crippen molar-refractivity contribution in [3.05, 3.63) is 68.4 Å². The highest BCUT2D eigenvalue weighted by molar-refractivity contribution is 7.21. The number of methoxy groups -OCH3 is 1. The molecule has 12 nitrogen and oxygen atoms in total. The van der Waals surface area contributed by atoms with Crippen LogP contribution in [0.4, 0.5) is 4.39 Å². The van der Waals surface area contributed by atoms with Crippen LogP contribution in [0, 0.1) is 29.5 Å². The first kappa shape index (κ1) is 28.7. The quantitative estimate of drug-likeness (QED) is 0.305. The van der Waals surface area contributed by atoms with E-state index in [1.165, 1.54) is 54.0 Å². The zero-order valence-electron chi connectivity index (χ0n) is 22.5.